The molecule has 9 heteroatoms. The van der Waals surface area contributed by atoms with Crippen LogP contribution in [0.5, 0.6) is 5.88 Å². The minimum atomic E-state index is 0. The summed E-state index contributed by atoms with van der Waals surface area (Å²) in [6.45, 7) is 6.08. The van der Waals surface area contributed by atoms with Crippen LogP contribution in [0.1, 0.15) is 36.2 Å². The summed E-state index contributed by atoms with van der Waals surface area (Å²) >= 11 is 1.62. The van der Waals surface area contributed by atoms with Crippen LogP contribution in [-0.4, -0.2) is 48.6 Å². The first-order valence-electron chi connectivity index (χ1n) is 8.52. The maximum absolute atomic E-state index is 5.33. The van der Waals surface area contributed by atoms with E-state index in [2.05, 4.69) is 32.5 Å². The molecule has 0 amide bonds. The number of aliphatic imine (C=N–C) groups is 1. The summed E-state index contributed by atoms with van der Waals surface area (Å²) in [6, 6.07) is 3.83. The van der Waals surface area contributed by atoms with Gasteiger partial charge in [0, 0.05) is 38.3 Å². The number of pyridine rings is 1. The maximum Gasteiger partial charge on any atom is 0.213 e. The van der Waals surface area contributed by atoms with E-state index in [1.807, 2.05) is 26.1 Å². The third-order valence-corrected chi connectivity index (χ3v) is 4.84. The van der Waals surface area contributed by atoms with Crippen LogP contribution in [-0.2, 0) is 17.8 Å². The lowest BCUT2D eigenvalue weighted by atomic mass is 10.3. The highest BCUT2D eigenvalue weighted by Crippen LogP contribution is 2.21. The summed E-state index contributed by atoms with van der Waals surface area (Å²) < 4.78 is 10.5. The molecule has 0 bridgehead atoms. The molecule has 0 saturated heterocycles. The molecule has 0 fully saturated rings. The molecule has 2 rings (SSSR count). The van der Waals surface area contributed by atoms with Crippen LogP contribution in [0, 0.1) is 0 Å². The summed E-state index contributed by atoms with van der Waals surface area (Å²) in [5.41, 5.74) is 2.05. The van der Waals surface area contributed by atoms with Gasteiger partial charge in [0.05, 0.1) is 25.9 Å². The average Bonchev–Trinajstić information content (AvgIpc) is 3.13. The zero-order valence-electron chi connectivity index (χ0n) is 16.4. The van der Waals surface area contributed by atoms with E-state index in [0.717, 1.165) is 28.8 Å². The largest absolute Gasteiger partial charge is 0.481 e. The summed E-state index contributed by atoms with van der Waals surface area (Å²) in [7, 11) is 5.31. The number of methoxy groups -OCH3 is 2. The number of rotatable bonds is 8. The number of nitrogens with one attached hydrogen (secondary N) is 1. The second-order valence-electron chi connectivity index (χ2n) is 5.79. The van der Waals surface area contributed by atoms with Crippen molar-refractivity contribution < 1.29 is 9.47 Å². The molecular weight excluding hydrogens is 477 g/mol. The van der Waals surface area contributed by atoms with Crippen LogP contribution >= 0.6 is 35.3 Å². The summed E-state index contributed by atoms with van der Waals surface area (Å²) in [5.74, 6) is 1.43. The van der Waals surface area contributed by atoms with E-state index in [1.54, 1.807) is 31.8 Å². The van der Waals surface area contributed by atoms with Gasteiger partial charge in [-0.15, -0.1) is 35.3 Å². The van der Waals surface area contributed by atoms with Crippen molar-refractivity contribution in [3.05, 3.63) is 40.0 Å². The van der Waals surface area contributed by atoms with Crippen molar-refractivity contribution in [1.29, 1.82) is 0 Å². The van der Waals surface area contributed by atoms with E-state index in [1.165, 1.54) is 0 Å². The van der Waals surface area contributed by atoms with E-state index in [4.69, 9.17) is 14.5 Å². The van der Waals surface area contributed by atoms with E-state index in [0.29, 0.717) is 19.0 Å². The van der Waals surface area contributed by atoms with Crippen LogP contribution < -0.4 is 10.1 Å². The third-order valence-electron chi connectivity index (χ3n) is 3.79. The van der Waals surface area contributed by atoms with E-state index < -0.39 is 0 Å². The Morgan fingerprint density at radius 1 is 1.41 bits per heavy atom. The van der Waals surface area contributed by atoms with Gasteiger partial charge < -0.3 is 19.7 Å². The van der Waals surface area contributed by atoms with Crippen molar-refractivity contribution in [3.63, 3.8) is 0 Å². The van der Waals surface area contributed by atoms with Crippen LogP contribution in [0.15, 0.2) is 28.7 Å². The van der Waals surface area contributed by atoms with Gasteiger partial charge in [0.1, 0.15) is 11.1 Å². The highest BCUT2D eigenvalue weighted by Gasteiger charge is 2.12. The lowest BCUT2D eigenvalue weighted by Crippen LogP contribution is -2.38. The van der Waals surface area contributed by atoms with Crippen LogP contribution in [0.2, 0.25) is 0 Å². The van der Waals surface area contributed by atoms with Gasteiger partial charge >= 0.3 is 0 Å². The predicted molar refractivity (Wildman–Crippen MR) is 120 cm³/mol. The molecule has 2 aromatic heterocycles. The Morgan fingerprint density at radius 3 is 2.85 bits per heavy atom. The second kappa shape index (κ2) is 12.1. The molecule has 7 nitrogen and oxygen atoms in total. The molecule has 0 spiro atoms. The Kier molecular flexibility index (Phi) is 10.6. The van der Waals surface area contributed by atoms with E-state index in [-0.39, 0.29) is 30.1 Å². The van der Waals surface area contributed by atoms with Crippen LogP contribution in [0.4, 0.5) is 0 Å². The van der Waals surface area contributed by atoms with Gasteiger partial charge in [0.25, 0.3) is 0 Å². The number of guanidine groups is 1. The van der Waals surface area contributed by atoms with Gasteiger partial charge in [-0.1, -0.05) is 0 Å². The third kappa shape index (κ3) is 7.23. The molecule has 2 heterocycles. The summed E-state index contributed by atoms with van der Waals surface area (Å²) in [6.07, 6.45) is 1.75. The molecule has 1 unspecified atom stereocenters. The SMILES string of the molecule is CCNC(=NCc1ccnc(OC)c1)N(C)Cc1csc(C(C)OC)n1.I. The van der Waals surface area contributed by atoms with Gasteiger partial charge in [-0.25, -0.2) is 15.0 Å². The molecule has 0 radical (unpaired) electrons. The number of aromatic nitrogens is 2. The minimum absolute atomic E-state index is 0. The zero-order valence-corrected chi connectivity index (χ0v) is 19.6. The van der Waals surface area contributed by atoms with Crippen molar-refractivity contribution in [1.82, 2.24) is 20.2 Å². The Morgan fingerprint density at radius 2 is 2.19 bits per heavy atom. The lowest BCUT2D eigenvalue weighted by Gasteiger charge is -2.21. The van der Waals surface area contributed by atoms with Gasteiger partial charge in [-0.3, -0.25) is 0 Å². The monoisotopic (exact) mass is 505 g/mol. The highest BCUT2D eigenvalue weighted by molar-refractivity contribution is 14.0. The van der Waals surface area contributed by atoms with Crippen molar-refractivity contribution in [2.45, 2.75) is 33.0 Å². The average molecular weight is 505 g/mol. The molecule has 0 saturated carbocycles. The van der Waals surface area contributed by atoms with E-state index in [9.17, 15) is 0 Å². The first kappa shape index (κ1) is 23.6. The Balaban J connectivity index is 0.00000364. The Labute approximate surface area is 182 Å². The fourth-order valence-corrected chi connectivity index (χ4v) is 3.14. The minimum Gasteiger partial charge on any atom is -0.481 e. The predicted octanol–water partition coefficient (Wildman–Crippen LogP) is 3.47. The van der Waals surface area contributed by atoms with Gasteiger partial charge in [-0.2, -0.15) is 0 Å². The number of halogens is 1. The first-order chi connectivity index (χ1) is 12.6. The number of nitrogens with zero attached hydrogens (tertiary/aromatic N) is 4. The molecule has 0 aromatic carbocycles. The van der Waals surface area contributed by atoms with Crippen LogP contribution in [0.25, 0.3) is 0 Å². The molecule has 27 heavy (non-hydrogen) atoms. The van der Waals surface area contributed by atoms with Crippen molar-refractivity contribution >= 4 is 41.3 Å². The summed E-state index contributed by atoms with van der Waals surface area (Å²) in [4.78, 5) is 15.6. The maximum atomic E-state index is 5.33. The van der Waals surface area contributed by atoms with Crippen LogP contribution in [0.3, 0.4) is 0 Å². The van der Waals surface area contributed by atoms with Crippen molar-refractivity contribution in [2.75, 3.05) is 27.8 Å². The molecule has 0 aliphatic carbocycles. The molecule has 0 aliphatic heterocycles. The number of thiazole rings is 1. The molecule has 1 N–H and O–H groups in total. The van der Waals surface area contributed by atoms with Gasteiger partial charge in [0.2, 0.25) is 5.88 Å². The highest BCUT2D eigenvalue weighted by atomic mass is 127. The molecule has 1 atom stereocenters. The first-order valence-corrected chi connectivity index (χ1v) is 9.40. The summed E-state index contributed by atoms with van der Waals surface area (Å²) in [5, 5.41) is 6.38. The number of hydrogen-bond donors (Lipinski definition) is 1. The van der Waals surface area contributed by atoms with Gasteiger partial charge in [-0.05, 0) is 25.5 Å². The van der Waals surface area contributed by atoms with Crippen molar-refractivity contribution in [2.24, 2.45) is 4.99 Å². The standard InChI is InChI=1S/C18H27N5O2S.HI/c1-6-19-18(21-10-14-7-8-20-16(9-14)25-5)23(3)11-15-12-26-17(22-15)13(2)24-4;/h7-9,12-13H,6,10-11H2,1-5H3,(H,19,21);1H. The van der Waals surface area contributed by atoms with Crippen molar-refractivity contribution in [3.8, 4) is 5.88 Å². The number of hydrogen-bond acceptors (Lipinski definition) is 6. The quantitative estimate of drug-likeness (QED) is 0.337. The number of ether oxygens (including phenoxy) is 2. The molecule has 150 valence electrons. The second-order valence-corrected chi connectivity index (χ2v) is 6.68. The normalized spacial score (nSPS) is 12.3. The van der Waals surface area contributed by atoms with Gasteiger partial charge in [0.15, 0.2) is 5.96 Å². The smallest absolute Gasteiger partial charge is 0.213 e. The Hall–Kier alpha value is -1.46. The van der Waals surface area contributed by atoms with E-state index >= 15 is 0 Å². The fraction of sp³-hybridized carbons (Fsp3) is 0.500. The molecule has 0 aliphatic rings. The Bertz CT molecular complexity index is 725. The molecule has 2 aromatic rings. The lowest BCUT2D eigenvalue weighted by molar-refractivity contribution is 0.119. The topological polar surface area (TPSA) is 71.9 Å². The zero-order chi connectivity index (χ0) is 18.9. The fourth-order valence-electron chi connectivity index (χ4n) is 2.30. The molecular formula is C18H28IN5O2S.